The van der Waals surface area contributed by atoms with Gasteiger partial charge in [-0.25, -0.2) is 4.79 Å². The number of aliphatic carboxylic acids is 1. The predicted octanol–water partition coefficient (Wildman–Crippen LogP) is 3.23. The molecule has 3 aliphatic carbocycles. The average Bonchev–Trinajstić information content (AvgIpc) is 2.78. The number of phenols is 1. The zero-order valence-corrected chi connectivity index (χ0v) is 13.9. The molecule has 2 saturated carbocycles. The minimum absolute atomic E-state index is 0.211. The molecular formula is C20H24O4. The van der Waals surface area contributed by atoms with E-state index in [2.05, 4.69) is 13.0 Å². The van der Waals surface area contributed by atoms with Crippen molar-refractivity contribution in [2.45, 2.75) is 51.0 Å². The Labute approximate surface area is 141 Å². The van der Waals surface area contributed by atoms with Gasteiger partial charge in [0.1, 0.15) is 5.75 Å². The molecule has 0 radical (unpaired) electrons. The molecule has 128 valence electrons. The van der Waals surface area contributed by atoms with E-state index in [1.165, 1.54) is 17.2 Å². The molecule has 3 aliphatic rings. The maximum Gasteiger partial charge on any atom is 0.328 e. The number of aliphatic hydroxyl groups excluding tert-OH is 1. The van der Waals surface area contributed by atoms with Gasteiger partial charge in [0.25, 0.3) is 0 Å². The molecule has 4 rings (SSSR count). The minimum atomic E-state index is -0.965. The molecule has 1 aromatic rings. The molecule has 1 aromatic carbocycles. The molecule has 0 unspecified atom stereocenters. The molecule has 0 aromatic heterocycles. The number of hydrogen-bond donors (Lipinski definition) is 3. The van der Waals surface area contributed by atoms with Gasteiger partial charge in [0.15, 0.2) is 0 Å². The average molecular weight is 328 g/mol. The lowest BCUT2D eigenvalue weighted by Crippen LogP contribution is -2.44. The van der Waals surface area contributed by atoms with Crippen molar-refractivity contribution in [1.82, 2.24) is 0 Å². The summed E-state index contributed by atoms with van der Waals surface area (Å²) in [7, 11) is 0. The second-order valence-electron chi connectivity index (χ2n) is 8.01. The number of aromatic hydroxyl groups is 1. The first-order valence-electron chi connectivity index (χ1n) is 8.83. The van der Waals surface area contributed by atoms with Crippen molar-refractivity contribution in [3.05, 3.63) is 41.0 Å². The lowest BCUT2D eigenvalue weighted by molar-refractivity contribution is -0.131. The molecule has 4 heteroatoms. The van der Waals surface area contributed by atoms with Crippen molar-refractivity contribution in [2.75, 3.05) is 0 Å². The van der Waals surface area contributed by atoms with Crippen molar-refractivity contribution < 1.29 is 20.1 Å². The van der Waals surface area contributed by atoms with Crippen LogP contribution in [-0.2, 0) is 11.2 Å². The van der Waals surface area contributed by atoms with Crippen LogP contribution in [0.2, 0.25) is 0 Å². The van der Waals surface area contributed by atoms with E-state index in [0.29, 0.717) is 35.5 Å². The molecule has 0 saturated heterocycles. The Morgan fingerprint density at radius 1 is 1.33 bits per heavy atom. The molecule has 0 bridgehead atoms. The SMILES string of the molecule is C[C@@]12CC[C@@H]3c4ccc(O)cc4CC[C@@H]3[C@@H]1C/C(=C/C(=O)O)[C@@H]2O. The summed E-state index contributed by atoms with van der Waals surface area (Å²) in [6.45, 7) is 2.13. The highest BCUT2D eigenvalue weighted by molar-refractivity contribution is 5.81. The highest BCUT2D eigenvalue weighted by Gasteiger charge is 2.56. The van der Waals surface area contributed by atoms with Gasteiger partial charge in [0.2, 0.25) is 0 Å². The van der Waals surface area contributed by atoms with Crippen LogP contribution < -0.4 is 0 Å². The van der Waals surface area contributed by atoms with Gasteiger partial charge in [-0.1, -0.05) is 13.0 Å². The molecule has 5 atom stereocenters. The van der Waals surface area contributed by atoms with Gasteiger partial charge in [-0.15, -0.1) is 0 Å². The van der Waals surface area contributed by atoms with Crippen molar-refractivity contribution in [1.29, 1.82) is 0 Å². The smallest absolute Gasteiger partial charge is 0.328 e. The number of hydrogen-bond acceptors (Lipinski definition) is 3. The van der Waals surface area contributed by atoms with Gasteiger partial charge < -0.3 is 15.3 Å². The van der Waals surface area contributed by atoms with E-state index in [9.17, 15) is 15.0 Å². The first-order valence-corrected chi connectivity index (χ1v) is 8.83. The number of aryl methyl sites for hydroxylation is 1. The van der Waals surface area contributed by atoms with Crippen molar-refractivity contribution in [3.63, 3.8) is 0 Å². The van der Waals surface area contributed by atoms with E-state index in [0.717, 1.165) is 25.7 Å². The number of benzene rings is 1. The molecule has 0 spiro atoms. The van der Waals surface area contributed by atoms with E-state index in [4.69, 9.17) is 5.11 Å². The molecule has 24 heavy (non-hydrogen) atoms. The van der Waals surface area contributed by atoms with Crippen LogP contribution in [0.15, 0.2) is 29.8 Å². The predicted molar refractivity (Wildman–Crippen MR) is 89.8 cm³/mol. The summed E-state index contributed by atoms with van der Waals surface area (Å²) in [6, 6.07) is 5.72. The standard InChI is InChI=1S/C20H24O4/c1-20-7-6-15-14-5-3-13(21)8-11(14)2-4-16(15)17(20)9-12(19(20)24)10-18(22)23/h3,5,8,10,15-17,19,21,24H,2,4,6-7,9H2,1H3,(H,22,23)/b12-10-/t15-,16+,17+,19+,20-/m1/s1. The topological polar surface area (TPSA) is 77.8 Å². The Balaban J connectivity index is 1.70. The Bertz CT molecular complexity index is 722. The number of aliphatic hydroxyl groups is 1. The number of rotatable bonds is 1. The number of phenolic OH excluding ortho intramolecular Hbond substituents is 1. The zero-order chi connectivity index (χ0) is 17.1. The van der Waals surface area contributed by atoms with E-state index in [-0.39, 0.29) is 5.41 Å². The first-order chi connectivity index (χ1) is 11.4. The molecule has 4 nitrogen and oxygen atoms in total. The highest BCUT2D eigenvalue weighted by atomic mass is 16.4. The third kappa shape index (κ3) is 2.20. The molecule has 3 N–H and O–H groups in total. The maximum atomic E-state index is 11.1. The summed E-state index contributed by atoms with van der Waals surface area (Å²) >= 11 is 0. The lowest BCUT2D eigenvalue weighted by Gasteiger charge is -2.49. The lowest BCUT2D eigenvalue weighted by atomic mass is 9.55. The summed E-state index contributed by atoms with van der Waals surface area (Å²) in [5, 5.41) is 29.6. The fraction of sp³-hybridized carbons (Fsp3) is 0.550. The van der Waals surface area contributed by atoms with Gasteiger partial charge in [-0.3, -0.25) is 0 Å². The quantitative estimate of drug-likeness (QED) is 0.692. The largest absolute Gasteiger partial charge is 0.508 e. The van der Waals surface area contributed by atoms with Crippen molar-refractivity contribution in [3.8, 4) is 5.75 Å². The van der Waals surface area contributed by atoms with Crippen LogP contribution in [0.4, 0.5) is 0 Å². The summed E-state index contributed by atoms with van der Waals surface area (Å²) in [4.78, 5) is 11.1. The van der Waals surface area contributed by atoms with Gasteiger partial charge in [-0.05, 0) is 78.7 Å². The third-order valence-corrected chi connectivity index (χ3v) is 6.89. The van der Waals surface area contributed by atoms with Crippen LogP contribution in [0, 0.1) is 17.3 Å². The van der Waals surface area contributed by atoms with Crippen LogP contribution in [0.5, 0.6) is 5.75 Å². The number of carboxylic acid groups (broad SMARTS) is 1. The van der Waals surface area contributed by atoms with Gasteiger partial charge >= 0.3 is 5.97 Å². The second kappa shape index (κ2) is 5.35. The maximum absolute atomic E-state index is 11.1. The van der Waals surface area contributed by atoms with E-state index in [1.807, 2.05) is 6.07 Å². The summed E-state index contributed by atoms with van der Waals surface area (Å²) in [5.74, 6) is 0.640. The molecule has 0 heterocycles. The van der Waals surface area contributed by atoms with Crippen LogP contribution in [0.3, 0.4) is 0 Å². The van der Waals surface area contributed by atoms with Crippen molar-refractivity contribution >= 4 is 5.97 Å². The Hall–Kier alpha value is -1.81. The van der Waals surface area contributed by atoms with Crippen LogP contribution in [-0.4, -0.2) is 27.4 Å². The molecular weight excluding hydrogens is 304 g/mol. The summed E-state index contributed by atoms with van der Waals surface area (Å²) < 4.78 is 0. The summed E-state index contributed by atoms with van der Waals surface area (Å²) in [5.41, 5.74) is 3.07. The van der Waals surface area contributed by atoms with E-state index >= 15 is 0 Å². The highest BCUT2D eigenvalue weighted by Crippen LogP contribution is 2.62. The van der Waals surface area contributed by atoms with Crippen molar-refractivity contribution in [2.24, 2.45) is 17.3 Å². The number of carboxylic acids is 1. The Kier molecular flexibility index (Phi) is 3.50. The molecule has 2 fully saturated rings. The Morgan fingerprint density at radius 2 is 2.12 bits per heavy atom. The number of fused-ring (bicyclic) bond motifs is 5. The fourth-order valence-corrected chi connectivity index (χ4v) is 5.73. The minimum Gasteiger partial charge on any atom is -0.508 e. The van der Waals surface area contributed by atoms with Gasteiger partial charge in [0, 0.05) is 11.5 Å². The van der Waals surface area contributed by atoms with E-state index in [1.54, 1.807) is 6.07 Å². The zero-order valence-electron chi connectivity index (χ0n) is 13.9. The first kappa shape index (κ1) is 15.7. The Morgan fingerprint density at radius 3 is 2.88 bits per heavy atom. The normalized spacial score (nSPS) is 39.2. The van der Waals surface area contributed by atoms with Crippen LogP contribution in [0.1, 0.15) is 49.7 Å². The monoisotopic (exact) mass is 328 g/mol. The number of carbonyl (C=O) groups is 1. The van der Waals surface area contributed by atoms with Crippen LogP contribution >= 0.6 is 0 Å². The van der Waals surface area contributed by atoms with Crippen LogP contribution in [0.25, 0.3) is 0 Å². The van der Waals surface area contributed by atoms with Gasteiger partial charge in [-0.2, -0.15) is 0 Å². The van der Waals surface area contributed by atoms with E-state index < -0.39 is 12.1 Å². The fourth-order valence-electron chi connectivity index (χ4n) is 5.73. The third-order valence-electron chi connectivity index (χ3n) is 6.89. The second-order valence-corrected chi connectivity index (χ2v) is 8.01. The van der Waals surface area contributed by atoms with Gasteiger partial charge in [0.05, 0.1) is 6.10 Å². The molecule has 0 amide bonds. The molecule has 0 aliphatic heterocycles. The summed E-state index contributed by atoms with van der Waals surface area (Å²) in [6.07, 6.45) is 5.21.